The van der Waals surface area contributed by atoms with Crippen molar-refractivity contribution < 1.29 is 53.2 Å². The summed E-state index contributed by atoms with van der Waals surface area (Å²) in [6.45, 7) is 7.50. The number of amides is 6. The number of aliphatic hydroxyl groups is 2. The molecule has 2 aliphatic rings. The number of nitrogens with one attached hydrogen (secondary N) is 4. The number of nitrogens with two attached hydrogens (primary N) is 2. The summed E-state index contributed by atoms with van der Waals surface area (Å²) in [5, 5.41) is 30.0. The van der Waals surface area contributed by atoms with E-state index in [1.807, 2.05) is 6.92 Å². The SMILES string of the molecule is CCC(C)C1NC(=O)C(Cc2ccccc2)N(C)C(=O)C(C(C)CC)N2C(=O)C(CCC2OC)NC(=O)C(CCCN=C(N)N)NC(=O)C(NC(=O)[C@H](O)CO)C(C)OC1=O. The van der Waals surface area contributed by atoms with Crippen molar-refractivity contribution in [2.45, 2.75) is 134 Å². The lowest BCUT2D eigenvalue weighted by molar-refractivity contribution is -0.171. The number of likely N-dealkylation sites (N-methyl/N-ethyl adjacent to an activating group) is 1. The Balaban J connectivity index is 2.26. The number of piperidine rings is 1. The van der Waals surface area contributed by atoms with Gasteiger partial charge in [-0.3, -0.25) is 33.8 Å². The normalized spacial score (nSPS) is 27.5. The van der Waals surface area contributed by atoms with Gasteiger partial charge in [0.05, 0.1) is 6.61 Å². The molecule has 1 aromatic rings. The minimum Gasteiger partial charge on any atom is -0.458 e. The molecule has 0 aromatic heterocycles. The number of cyclic esters (lactones) is 1. The van der Waals surface area contributed by atoms with Crippen LogP contribution in [0.4, 0.5) is 0 Å². The van der Waals surface area contributed by atoms with Crippen molar-refractivity contribution in [2.24, 2.45) is 28.3 Å². The number of rotatable bonds is 14. The van der Waals surface area contributed by atoms with Crippen LogP contribution in [0.1, 0.15) is 78.7 Å². The van der Waals surface area contributed by atoms with Gasteiger partial charge in [-0.1, -0.05) is 70.9 Å². The molecule has 6 amide bonds. The van der Waals surface area contributed by atoms with E-state index in [1.165, 1.54) is 30.9 Å². The zero-order valence-corrected chi connectivity index (χ0v) is 36.2. The number of esters is 1. The standard InChI is InChI=1S/C41H65N9O11/c1-8-22(3)31-40(59)61-24(5)32(48-36(55)29(52)21-51)37(56)45-26(16-13-19-44-41(42)43)34(53)46-27-17-18-30(60-7)50(38(27)57)33(23(4)9-2)39(58)49(6)28(35(54)47-31)20-25-14-11-10-12-15-25/h10-12,14-15,22-24,26-33,51-52H,8-9,13,16-21H2,1-7H3,(H,45,56)(H,46,53)(H,47,54)(H,48,55)(H4,42,43,44)/t22?,23?,24?,26?,27?,28?,29-,30?,31?,32?,33?/m1/s1. The van der Waals surface area contributed by atoms with Gasteiger partial charge in [0.2, 0.25) is 29.5 Å². The molecule has 0 spiro atoms. The second-order valence-electron chi connectivity index (χ2n) is 15.8. The van der Waals surface area contributed by atoms with Gasteiger partial charge in [0.25, 0.3) is 5.91 Å². The number of aliphatic hydroxyl groups excluding tert-OH is 2. The lowest BCUT2D eigenvalue weighted by atomic mass is 9.91. The van der Waals surface area contributed by atoms with E-state index in [0.29, 0.717) is 18.4 Å². The molecule has 10 unspecified atom stereocenters. The Labute approximate surface area is 356 Å². The predicted molar refractivity (Wildman–Crippen MR) is 223 cm³/mol. The summed E-state index contributed by atoms with van der Waals surface area (Å²) < 4.78 is 11.6. The van der Waals surface area contributed by atoms with Gasteiger partial charge in [-0.05, 0) is 50.0 Å². The van der Waals surface area contributed by atoms with E-state index in [0.717, 1.165) is 0 Å². The van der Waals surface area contributed by atoms with Crippen molar-refractivity contribution >= 4 is 47.4 Å². The number of carbonyl (C=O) groups excluding carboxylic acids is 7. The van der Waals surface area contributed by atoms with E-state index in [4.69, 9.17) is 20.9 Å². The summed E-state index contributed by atoms with van der Waals surface area (Å²) in [6, 6.07) is 0.938. The van der Waals surface area contributed by atoms with Gasteiger partial charge in [-0.2, -0.15) is 0 Å². The Morgan fingerprint density at radius 1 is 0.967 bits per heavy atom. The molecule has 2 heterocycles. The van der Waals surface area contributed by atoms with Gasteiger partial charge in [0.1, 0.15) is 48.6 Å². The Hall–Kier alpha value is -5.34. The maximum absolute atomic E-state index is 14.9. The molecule has 3 rings (SSSR count). The van der Waals surface area contributed by atoms with Crippen molar-refractivity contribution in [1.82, 2.24) is 31.1 Å². The number of ether oxygens (including phenoxy) is 2. The van der Waals surface area contributed by atoms with Crippen LogP contribution in [0.3, 0.4) is 0 Å². The molecule has 2 aliphatic heterocycles. The lowest BCUT2D eigenvalue weighted by Crippen LogP contribution is -2.66. The average molecular weight is 860 g/mol. The van der Waals surface area contributed by atoms with E-state index >= 15 is 0 Å². The van der Waals surface area contributed by atoms with Crippen LogP contribution >= 0.6 is 0 Å². The monoisotopic (exact) mass is 859 g/mol. The molecule has 0 aliphatic carbocycles. The lowest BCUT2D eigenvalue weighted by Gasteiger charge is -2.46. The Morgan fingerprint density at radius 3 is 2.21 bits per heavy atom. The van der Waals surface area contributed by atoms with Gasteiger partial charge in [-0.25, -0.2) is 4.79 Å². The van der Waals surface area contributed by atoms with E-state index in [2.05, 4.69) is 26.3 Å². The zero-order valence-electron chi connectivity index (χ0n) is 36.2. The van der Waals surface area contributed by atoms with E-state index in [9.17, 15) is 43.8 Å². The zero-order chi connectivity index (χ0) is 45.6. The van der Waals surface area contributed by atoms with Crippen LogP contribution in [0.25, 0.3) is 0 Å². The first kappa shape index (κ1) is 50.0. The Kier molecular flexibility index (Phi) is 19.4. The molecule has 0 radical (unpaired) electrons. The fraction of sp³-hybridized carbons (Fsp3) is 0.659. The number of methoxy groups -OCH3 is 1. The van der Waals surface area contributed by atoms with E-state index in [-0.39, 0.29) is 44.6 Å². The molecule has 2 saturated heterocycles. The third-order valence-corrected chi connectivity index (χ3v) is 11.4. The van der Waals surface area contributed by atoms with Crippen LogP contribution in [0.5, 0.6) is 0 Å². The third kappa shape index (κ3) is 13.3. The summed E-state index contributed by atoms with van der Waals surface area (Å²) in [6.07, 6.45) is -3.10. The number of fused-ring (bicyclic) bond motifs is 2. The summed E-state index contributed by atoms with van der Waals surface area (Å²) >= 11 is 0. The van der Waals surface area contributed by atoms with Crippen LogP contribution in [0, 0.1) is 11.8 Å². The number of aliphatic imine (C=N–C) groups is 1. The number of guanidine groups is 1. The quantitative estimate of drug-likeness (QED) is 0.0454. The molecule has 0 saturated carbocycles. The second kappa shape index (κ2) is 23.6. The molecule has 61 heavy (non-hydrogen) atoms. The molecular weight excluding hydrogens is 795 g/mol. The summed E-state index contributed by atoms with van der Waals surface area (Å²) in [4.78, 5) is 106. The Morgan fingerprint density at radius 2 is 1.62 bits per heavy atom. The molecule has 10 N–H and O–H groups in total. The fourth-order valence-electron chi connectivity index (χ4n) is 7.32. The van der Waals surface area contributed by atoms with Crippen LogP contribution in [0.2, 0.25) is 0 Å². The number of hydrogen-bond acceptors (Lipinski definition) is 12. The Bertz CT molecular complexity index is 1710. The molecule has 2 bridgehead atoms. The molecule has 11 atom stereocenters. The first-order chi connectivity index (χ1) is 28.9. The minimum atomic E-state index is -1.96. The first-order valence-electron chi connectivity index (χ1n) is 20.8. The molecule has 1 aromatic carbocycles. The highest BCUT2D eigenvalue weighted by molar-refractivity contribution is 5.98. The van der Waals surface area contributed by atoms with Crippen molar-refractivity contribution in [3.05, 3.63) is 35.9 Å². The molecule has 340 valence electrons. The van der Waals surface area contributed by atoms with Crippen LogP contribution in [0.15, 0.2) is 35.3 Å². The van der Waals surface area contributed by atoms with Crippen molar-refractivity contribution in [2.75, 3.05) is 27.3 Å². The van der Waals surface area contributed by atoms with E-state index in [1.54, 1.807) is 51.1 Å². The number of nitrogens with zero attached hydrogens (tertiary/aromatic N) is 3. The van der Waals surface area contributed by atoms with Crippen LogP contribution < -0.4 is 32.7 Å². The number of hydrogen-bond donors (Lipinski definition) is 8. The van der Waals surface area contributed by atoms with Gasteiger partial charge in [0.15, 0.2) is 12.1 Å². The minimum absolute atomic E-state index is 0.0210. The largest absolute Gasteiger partial charge is 0.458 e. The van der Waals surface area contributed by atoms with Crippen molar-refractivity contribution in [3.8, 4) is 0 Å². The smallest absolute Gasteiger partial charge is 0.329 e. The molecule has 20 heteroatoms. The molecule has 2 fully saturated rings. The fourth-order valence-corrected chi connectivity index (χ4v) is 7.32. The van der Waals surface area contributed by atoms with E-state index < -0.39 is 115 Å². The number of benzene rings is 1. The summed E-state index contributed by atoms with van der Waals surface area (Å²) in [5.74, 6) is -7.11. The highest BCUT2D eigenvalue weighted by atomic mass is 16.5. The average Bonchev–Trinajstić information content (AvgIpc) is 3.24. The highest BCUT2D eigenvalue weighted by Gasteiger charge is 2.47. The maximum Gasteiger partial charge on any atom is 0.329 e. The van der Waals surface area contributed by atoms with Crippen LogP contribution in [-0.2, 0) is 49.5 Å². The van der Waals surface area contributed by atoms with Crippen molar-refractivity contribution in [1.29, 1.82) is 0 Å². The predicted octanol–water partition coefficient (Wildman–Crippen LogP) is -1.60. The van der Waals surface area contributed by atoms with Crippen LogP contribution in [-0.4, -0.2) is 149 Å². The van der Waals surface area contributed by atoms with Gasteiger partial charge in [-0.15, -0.1) is 0 Å². The van der Waals surface area contributed by atoms with Crippen molar-refractivity contribution in [3.63, 3.8) is 0 Å². The molecule has 20 nitrogen and oxygen atoms in total. The topological polar surface area (TPSA) is 297 Å². The highest BCUT2D eigenvalue weighted by Crippen LogP contribution is 2.29. The third-order valence-electron chi connectivity index (χ3n) is 11.4. The first-order valence-corrected chi connectivity index (χ1v) is 20.8. The maximum atomic E-state index is 14.9. The molecular formula is C41H65N9O11. The second-order valence-corrected chi connectivity index (χ2v) is 15.8. The summed E-state index contributed by atoms with van der Waals surface area (Å²) in [5.41, 5.74) is 11.7. The summed E-state index contributed by atoms with van der Waals surface area (Å²) in [7, 11) is 2.87. The number of carbonyl (C=O) groups is 7. The van der Waals surface area contributed by atoms with Gasteiger partial charge < -0.3 is 62.2 Å². The van der Waals surface area contributed by atoms with Gasteiger partial charge >= 0.3 is 5.97 Å². The van der Waals surface area contributed by atoms with Gasteiger partial charge in [0, 0.05) is 27.1 Å².